The van der Waals surface area contributed by atoms with Crippen molar-refractivity contribution in [1.29, 1.82) is 0 Å². The van der Waals surface area contributed by atoms with Crippen molar-refractivity contribution >= 4 is 46.0 Å². The number of ether oxygens (including phenoxy) is 1. The summed E-state index contributed by atoms with van der Waals surface area (Å²) in [5.41, 5.74) is 1.66. The van der Waals surface area contributed by atoms with E-state index in [0.29, 0.717) is 24.9 Å². The molecule has 3 fully saturated rings. The molecule has 2 amide bonds. The van der Waals surface area contributed by atoms with Crippen LogP contribution in [0.3, 0.4) is 0 Å². The summed E-state index contributed by atoms with van der Waals surface area (Å²) >= 11 is 1.59. The molecular formula is C35H36N2O5S. The summed E-state index contributed by atoms with van der Waals surface area (Å²) in [5.74, 6) is -2.29. The molecule has 6 atom stereocenters. The normalized spacial score (nSPS) is 26.3. The number of fused-ring (bicyclic) bond motifs is 2. The molecule has 3 aliphatic rings. The number of hydrogen-bond donors (Lipinski definition) is 1. The first-order chi connectivity index (χ1) is 20.9. The zero-order chi connectivity index (χ0) is 30.1. The Labute approximate surface area is 256 Å². The number of benzene rings is 3. The van der Waals surface area contributed by atoms with E-state index in [1.54, 1.807) is 27.6 Å². The van der Waals surface area contributed by atoms with Crippen LogP contribution in [-0.2, 0) is 25.5 Å². The number of aliphatic hydroxyl groups is 1. The van der Waals surface area contributed by atoms with Crippen LogP contribution in [0.4, 0.5) is 5.69 Å². The second kappa shape index (κ2) is 12.0. The molecule has 3 saturated heterocycles. The van der Waals surface area contributed by atoms with Gasteiger partial charge in [-0.15, -0.1) is 18.3 Å². The molecule has 3 aromatic carbocycles. The Balaban J connectivity index is 1.44. The Kier molecular flexibility index (Phi) is 8.16. The van der Waals surface area contributed by atoms with Crippen LogP contribution in [0.5, 0.6) is 0 Å². The number of carbonyl (C=O) groups excluding carboxylic acids is 3. The molecule has 3 heterocycles. The van der Waals surface area contributed by atoms with E-state index in [1.807, 2.05) is 72.8 Å². The van der Waals surface area contributed by atoms with Gasteiger partial charge < -0.3 is 19.6 Å². The molecule has 0 radical (unpaired) electrons. The number of aliphatic hydroxyl groups excluding tert-OH is 1. The number of rotatable bonds is 11. The van der Waals surface area contributed by atoms with Gasteiger partial charge in [-0.25, -0.2) is 0 Å². The highest BCUT2D eigenvalue weighted by molar-refractivity contribution is 8.02. The van der Waals surface area contributed by atoms with E-state index in [0.717, 1.165) is 16.3 Å². The van der Waals surface area contributed by atoms with Crippen molar-refractivity contribution in [2.45, 2.75) is 41.3 Å². The van der Waals surface area contributed by atoms with E-state index in [-0.39, 0.29) is 36.8 Å². The number of carbonyl (C=O) groups is 3. The molecular weight excluding hydrogens is 560 g/mol. The summed E-state index contributed by atoms with van der Waals surface area (Å²) in [6.07, 6.45) is 4.92. The highest BCUT2D eigenvalue weighted by atomic mass is 32.2. The summed E-state index contributed by atoms with van der Waals surface area (Å²) in [7, 11) is 0. The molecule has 6 rings (SSSR count). The van der Waals surface area contributed by atoms with Gasteiger partial charge in [-0.3, -0.25) is 14.4 Å². The van der Waals surface area contributed by atoms with Gasteiger partial charge in [-0.2, -0.15) is 0 Å². The predicted octanol–water partition coefficient (Wildman–Crippen LogP) is 4.78. The van der Waals surface area contributed by atoms with Gasteiger partial charge in [-0.05, 0) is 47.7 Å². The molecule has 1 spiro atoms. The molecule has 8 heteroatoms. The zero-order valence-electron chi connectivity index (χ0n) is 24.0. The van der Waals surface area contributed by atoms with Crippen LogP contribution in [0.2, 0.25) is 0 Å². The molecule has 3 aliphatic heterocycles. The van der Waals surface area contributed by atoms with Crippen molar-refractivity contribution < 1.29 is 24.2 Å². The van der Waals surface area contributed by atoms with Crippen molar-refractivity contribution in [3.8, 4) is 0 Å². The van der Waals surface area contributed by atoms with E-state index in [1.165, 1.54) is 6.08 Å². The standard InChI is InChI=1S/C35H36N2O5S/c1-3-18-36(26-15-14-24-12-8-9-13-25(24)21-26)33(40)31-35-17-16-28(43-35)29(34(41)42-19-4-2)30(35)32(39)37(31)27(22-38)20-23-10-6-5-7-11-23/h3-15,21,27-31,38H,1-2,16-20,22H2/t27-,28+,29-,30+,31?,35?/m1/s1. The molecule has 2 bridgehead atoms. The second-order valence-electron chi connectivity index (χ2n) is 11.5. The Morgan fingerprint density at radius 3 is 2.53 bits per heavy atom. The van der Waals surface area contributed by atoms with Crippen molar-refractivity contribution in [2.24, 2.45) is 11.8 Å². The van der Waals surface area contributed by atoms with Gasteiger partial charge in [0.1, 0.15) is 12.6 Å². The minimum atomic E-state index is -0.871. The number of amides is 2. The molecule has 0 saturated carbocycles. The summed E-state index contributed by atoms with van der Waals surface area (Å²) < 4.78 is 4.68. The lowest BCUT2D eigenvalue weighted by atomic mass is 9.71. The monoisotopic (exact) mass is 596 g/mol. The lowest BCUT2D eigenvalue weighted by molar-refractivity contribution is -0.153. The molecule has 3 aromatic rings. The van der Waals surface area contributed by atoms with Crippen LogP contribution in [0.15, 0.2) is 98.1 Å². The number of thioether (sulfide) groups is 1. The molecule has 1 N–H and O–H groups in total. The molecule has 7 nitrogen and oxygen atoms in total. The molecule has 0 aromatic heterocycles. The number of nitrogens with zero attached hydrogens (tertiary/aromatic N) is 2. The van der Waals surface area contributed by atoms with Gasteiger partial charge >= 0.3 is 5.97 Å². The quantitative estimate of drug-likeness (QED) is 0.253. The third-order valence-corrected chi connectivity index (χ3v) is 11.1. The Morgan fingerprint density at radius 1 is 1.07 bits per heavy atom. The van der Waals surface area contributed by atoms with Crippen molar-refractivity contribution in [2.75, 3.05) is 24.7 Å². The molecule has 0 aliphatic carbocycles. The fourth-order valence-corrected chi connectivity index (χ4v) is 9.54. The first kappa shape index (κ1) is 29.2. The maximum Gasteiger partial charge on any atom is 0.311 e. The molecule has 2 unspecified atom stereocenters. The van der Waals surface area contributed by atoms with Gasteiger partial charge in [-0.1, -0.05) is 79.4 Å². The maximum atomic E-state index is 14.9. The molecule has 43 heavy (non-hydrogen) atoms. The number of esters is 1. The average Bonchev–Trinajstić information content (AvgIpc) is 3.68. The number of likely N-dealkylation sites (tertiary alicyclic amines) is 1. The van der Waals surface area contributed by atoms with Crippen molar-refractivity contribution in [1.82, 2.24) is 4.90 Å². The minimum absolute atomic E-state index is 0.0645. The fourth-order valence-electron chi connectivity index (χ4n) is 7.35. The summed E-state index contributed by atoms with van der Waals surface area (Å²) in [6, 6.07) is 22.0. The van der Waals surface area contributed by atoms with E-state index in [2.05, 4.69) is 13.2 Å². The van der Waals surface area contributed by atoms with Crippen LogP contribution in [0, 0.1) is 11.8 Å². The summed E-state index contributed by atoms with van der Waals surface area (Å²) in [4.78, 5) is 46.1. The van der Waals surface area contributed by atoms with E-state index < -0.39 is 34.6 Å². The maximum absolute atomic E-state index is 14.9. The van der Waals surface area contributed by atoms with Gasteiger partial charge in [0.25, 0.3) is 5.91 Å². The highest BCUT2D eigenvalue weighted by Gasteiger charge is 2.74. The number of hydrogen-bond acceptors (Lipinski definition) is 6. The van der Waals surface area contributed by atoms with E-state index in [4.69, 9.17) is 4.74 Å². The SMILES string of the molecule is C=CCOC(=O)[C@@H]1[C@@H]2CCC3(S2)C(C(=O)N(CC=C)c2ccc4ccccc4c2)N([C@@H](CO)Cc2ccccc2)C(=O)[C@H]13. The second-order valence-corrected chi connectivity index (χ2v) is 13.1. The summed E-state index contributed by atoms with van der Waals surface area (Å²) in [5, 5.41) is 12.7. The van der Waals surface area contributed by atoms with Gasteiger partial charge in [0.2, 0.25) is 5.91 Å². The van der Waals surface area contributed by atoms with Gasteiger partial charge in [0.05, 0.1) is 29.2 Å². The predicted molar refractivity (Wildman–Crippen MR) is 170 cm³/mol. The van der Waals surface area contributed by atoms with Crippen LogP contribution in [0.25, 0.3) is 10.8 Å². The highest BCUT2D eigenvalue weighted by Crippen LogP contribution is 2.67. The third-order valence-electron chi connectivity index (χ3n) is 9.13. The number of anilines is 1. The zero-order valence-corrected chi connectivity index (χ0v) is 24.8. The smallest absolute Gasteiger partial charge is 0.311 e. The Hall–Kier alpha value is -3.88. The largest absolute Gasteiger partial charge is 0.461 e. The average molecular weight is 597 g/mol. The van der Waals surface area contributed by atoms with Gasteiger partial charge in [0.15, 0.2) is 0 Å². The van der Waals surface area contributed by atoms with E-state index >= 15 is 0 Å². The Bertz CT molecular complexity index is 1560. The lowest BCUT2D eigenvalue weighted by Crippen LogP contribution is -2.58. The van der Waals surface area contributed by atoms with Crippen molar-refractivity contribution in [3.05, 3.63) is 104 Å². The topological polar surface area (TPSA) is 87.2 Å². The third kappa shape index (κ3) is 4.96. The fraction of sp³-hybridized carbons (Fsp3) is 0.343. The van der Waals surface area contributed by atoms with Crippen molar-refractivity contribution in [3.63, 3.8) is 0 Å². The van der Waals surface area contributed by atoms with Crippen LogP contribution in [-0.4, -0.2) is 69.6 Å². The van der Waals surface area contributed by atoms with Crippen LogP contribution < -0.4 is 4.90 Å². The van der Waals surface area contributed by atoms with E-state index in [9.17, 15) is 19.5 Å². The first-order valence-electron chi connectivity index (χ1n) is 14.8. The minimum Gasteiger partial charge on any atom is -0.461 e. The first-order valence-corrected chi connectivity index (χ1v) is 15.6. The van der Waals surface area contributed by atoms with Crippen LogP contribution >= 0.6 is 11.8 Å². The van der Waals surface area contributed by atoms with Crippen LogP contribution in [0.1, 0.15) is 18.4 Å². The van der Waals surface area contributed by atoms with Gasteiger partial charge in [0, 0.05) is 17.5 Å². The summed E-state index contributed by atoms with van der Waals surface area (Å²) in [6.45, 7) is 7.57. The lowest BCUT2D eigenvalue weighted by Gasteiger charge is -2.39. The Morgan fingerprint density at radius 2 is 1.81 bits per heavy atom. The molecule has 222 valence electrons.